The van der Waals surface area contributed by atoms with Crippen molar-refractivity contribution < 1.29 is 4.74 Å². The molecule has 0 amide bonds. The molecule has 0 fully saturated rings. The highest BCUT2D eigenvalue weighted by Crippen LogP contribution is 2.16. The van der Waals surface area contributed by atoms with Gasteiger partial charge in [-0.05, 0) is 30.7 Å². The van der Waals surface area contributed by atoms with Gasteiger partial charge in [0.25, 0.3) is 0 Å². The fraction of sp³-hybridized carbons (Fsp3) is 0.267. The summed E-state index contributed by atoms with van der Waals surface area (Å²) >= 11 is 0. The van der Waals surface area contributed by atoms with Crippen LogP contribution >= 0.6 is 0 Å². The Labute approximate surface area is 123 Å². The summed E-state index contributed by atoms with van der Waals surface area (Å²) in [6, 6.07) is 11.1. The van der Waals surface area contributed by atoms with E-state index in [1.165, 1.54) is 6.33 Å². The summed E-state index contributed by atoms with van der Waals surface area (Å²) in [5.41, 5.74) is 1.50. The zero-order valence-corrected chi connectivity index (χ0v) is 11.8. The van der Waals surface area contributed by atoms with Crippen LogP contribution in [0.25, 0.3) is 0 Å². The predicted molar refractivity (Wildman–Crippen MR) is 81.5 cm³/mol. The predicted octanol–water partition coefficient (Wildman–Crippen LogP) is 2.54. The van der Waals surface area contributed by atoms with E-state index in [2.05, 4.69) is 26.7 Å². The maximum absolute atomic E-state index is 8.77. The van der Waals surface area contributed by atoms with Crippen LogP contribution in [0.4, 0.5) is 17.3 Å². The lowest BCUT2D eigenvalue weighted by Gasteiger charge is -2.08. The van der Waals surface area contributed by atoms with E-state index in [1.54, 1.807) is 19.2 Å². The summed E-state index contributed by atoms with van der Waals surface area (Å²) in [5.74, 6) is 1.46. The number of anilines is 3. The number of hydrogen-bond acceptors (Lipinski definition) is 6. The molecule has 0 bridgehead atoms. The van der Waals surface area contributed by atoms with Crippen molar-refractivity contribution in [2.45, 2.75) is 6.42 Å². The van der Waals surface area contributed by atoms with Crippen LogP contribution in [0.3, 0.4) is 0 Å². The fourth-order valence-electron chi connectivity index (χ4n) is 1.73. The van der Waals surface area contributed by atoms with E-state index in [9.17, 15) is 0 Å². The van der Waals surface area contributed by atoms with Crippen LogP contribution < -0.4 is 10.6 Å². The average molecular weight is 283 g/mol. The molecule has 6 nitrogen and oxygen atoms in total. The minimum Gasteiger partial charge on any atom is -0.385 e. The maximum atomic E-state index is 8.77. The van der Waals surface area contributed by atoms with Crippen LogP contribution in [0.5, 0.6) is 0 Å². The molecule has 0 aliphatic heterocycles. The number of methoxy groups -OCH3 is 1. The number of nitrogens with one attached hydrogen (secondary N) is 2. The van der Waals surface area contributed by atoms with Gasteiger partial charge in [-0.1, -0.05) is 0 Å². The quantitative estimate of drug-likeness (QED) is 0.760. The van der Waals surface area contributed by atoms with Gasteiger partial charge >= 0.3 is 0 Å². The highest BCUT2D eigenvalue weighted by atomic mass is 16.5. The number of hydrogen-bond donors (Lipinski definition) is 2. The second-order valence-corrected chi connectivity index (χ2v) is 4.38. The molecule has 6 heteroatoms. The maximum Gasteiger partial charge on any atom is 0.135 e. The number of aromatic nitrogens is 2. The smallest absolute Gasteiger partial charge is 0.135 e. The zero-order chi connectivity index (χ0) is 14.9. The number of ether oxygens (including phenoxy) is 1. The second kappa shape index (κ2) is 7.82. The van der Waals surface area contributed by atoms with Crippen molar-refractivity contribution in [1.82, 2.24) is 9.97 Å². The molecule has 0 atom stereocenters. The van der Waals surface area contributed by atoms with Gasteiger partial charge in [-0.15, -0.1) is 0 Å². The lowest BCUT2D eigenvalue weighted by Crippen LogP contribution is -2.06. The normalized spacial score (nSPS) is 9.90. The van der Waals surface area contributed by atoms with Gasteiger partial charge < -0.3 is 15.4 Å². The Morgan fingerprint density at radius 2 is 1.95 bits per heavy atom. The molecule has 1 aromatic carbocycles. The zero-order valence-electron chi connectivity index (χ0n) is 11.8. The molecule has 0 aliphatic rings. The Balaban J connectivity index is 1.95. The molecule has 1 aromatic heterocycles. The molecule has 0 saturated carbocycles. The van der Waals surface area contributed by atoms with Crippen molar-refractivity contribution in [2.24, 2.45) is 0 Å². The van der Waals surface area contributed by atoms with Gasteiger partial charge in [0.05, 0.1) is 11.6 Å². The molecule has 2 aromatic rings. The van der Waals surface area contributed by atoms with Gasteiger partial charge in [0.1, 0.15) is 18.0 Å². The molecule has 2 N–H and O–H groups in total. The summed E-state index contributed by atoms with van der Waals surface area (Å²) in [4.78, 5) is 8.33. The van der Waals surface area contributed by atoms with Crippen LogP contribution in [0.1, 0.15) is 12.0 Å². The first-order valence-corrected chi connectivity index (χ1v) is 6.64. The van der Waals surface area contributed by atoms with E-state index in [0.717, 1.165) is 24.5 Å². The van der Waals surface area contributed by atoms with Gasteiger partial charge in [-0.2, -0.15) is 5.26 Å². The lowest BCUT2D eigenvalue weighted by atomic mass is 10.2. The largest absolute Gasteiger partial charge is 0.385 e. The van der Waals surface area contributed by atoms with Crippen LogP contribution in [0.2, 0.25) is 0 Å². The van der Waals surface area contributed by atoms with E-state index >= 15 is 0 Å². The second-order valence-electron chi connectivity index (χ2n) is 4.38. The summed E-state index contributed by atoms with van der Waals surface area (Å²) in [6.45, 7) is 1.51. The fourth-order valence-corrected chi connectivity index (χ4v) is 1.73. The van der Waals surface area contributed by atoms with Crippen molar-refractivity contribution in [3.8, 4) is 6.07 Å². The molecule has 0 radical (unpaired) electrons. The summed E-state index contributed by atoms with van der Waals surface area (Å²) in [6.07, 6.45) is 2.42. The molecule has 0 saturated heterocycles. The van der Waals surface area contributed by atoms with Crippen LogP contribution in [-0.4, -0.2) is 30.2 Å². The molecule has 0 spiro atoms. The number of nitrogens with zero attached hydrogens (tertiary/aromatic N) is 3. The molecule has 0 aliphatic carbocycles. The van der Waals surface area contributed by atoms with Crippen molar-refractivity contribution >= 4 is 17.3 Å². The van der Waals surface area contributed by atoms with Gasteiger partial charge in [-0.3, -0.25) is 0 Å². The van der Waals surface area contributed by atoms with Gasteiger partial charge in [-0.25, -0.2) is 9.97 Å². The Bertz CT molecular complexity index is 606. The number of benzene rings is 1. The van der Waals surface area contributed by atoms with Gasteiger partial charge in [0.15, 0.2) is 0 Å². The number of nitriles is 1. The van der Waals surface area contributed by atoms with Crippen LogP contribution in [-0.2, 0) is 4.74 Å². The van der Waals surface area contributed by atoms with Gasteiger partial charge in [0.2, 0.25) is 0 Å². The Morgan fingerprint density at radius 1 is 1.19 bits per heavy atom. The number of rotatable bonds is 7. The first kappa shape index (κ1) is 14.8. The monoisotopic (exact) mass is 283 g/mol. The average Bonchev–Trinajstić information content (AvgIpc) is 2.53. The first-order valence-electron chi connectivity index (χ1n) is 6.64. The molecule has 1 heterocycles. The summed E-state index contributed by atoms with van der Waals surface area (Å²) < 4.78 is 4.99. The highest BCUT2D eigenvalue weighted by molar-refractivity contribution is 5.59. The molecule has 0 unspecified atom stereocenters. The first-order chi connectivity index (χ1) is 10.3. The third kappa shape index (κ3) is 4.75. The van der Waals surface area contributed by atoms with Crippen LogP contribution in [0.15, 0.2) is 36.7 Å². The minimum absolute atomic E-state index is 0.628. The van der Waals surface area contributed by atoms with E-state index in [0.29, 0.717) is 18.0 Å². The Kier molecular flexibility index (Phi) is 5.50. The summed E-state index contributed by atoms with van der Waals surface area (Å²) in [5, 5.41) is 15.1. The summed E-state index contributed by atoms with van der Waals surface area (Å²) in [7, 11) is 1.68. The third-order valence-electron chi connectivity index (χ3n) is 2.78. The Morgan fingerprint density at radius 3 is 2.67 bits per heavy atom. The molecule has 2 rings (SSSR count). The standard InChI is InChI=1S/C15H17N5O/c1-21-8-2-7-17-14-9-15(19-11-18-14)20-13-5-3-12(10-16)4-6-13/h3-6,9,11H,2,7-8H2,1H3,(H2,17,18,19,20). The Hall–Kier alpha value is -2.65. The van der Waals surface area contributed by atoms with Crippen molar-refractivity contribution in [2.75, 3.05) is 30.9 Å². The van der Waals surface area contributed by atoms with E-state index in [-0.39, 0.29) is 0 Å². The van der Waals surface area contributed by atoms with Crippen molar-refractivity contribution in [1.29, 1.82) is 5.26 Å². The molecular weight excluding hydrogens is 266 g/mol. The van der Waals surface area contributed by atoms with Crippen molar-refractivity contribution in [3.05, 3.63) is 42.2 Å². The topological polar surface area (TPSA) is 82.9 Å². The molecule has 21 heavy (non-hydrogen) atoms. The van der Waals surface area contributed by atoms with Gasteiger partial charge in [0, 0.05) is 32.0 Å². The SMILES string of the molecule is COCCCNc1cc(Nc2ccc(C#N)cc2)ncn1. The third-order valence-corrected chi connectivity index (χ3v) is 2.78. The minimum atomic E-state index is 0.628. The van der Waals surface area contributed by atoms with Crippen LogP contribution in [0, 0.1) is 11.3 Å². The van der Waals surface area contributed by atoms with Crippen molar-refractivity contribution in [3.63, 3.8) is 0 Å². The van der Waals surface area contributed by atoms with E-state index in [4.69, 9.17) is 10.00 Å². The van der Waals surface area contributed by atoms with E-state index in [1.807, 2.05) is 18.2 Å². The lowest BCUT2D eigenvalue weighted by molar-refractivity contribution is 0.198. The molecular formula is C15H17N5O. The van der Waals surface area contributed by atoms with E-state index < -0.39 is 0 Å². The highest BCUT2D eigenvalue weighted by Gasteiger charge is 2.00. The molecule has 108 valence electrons.